The molecule has 0 spiro atoms. The Balaban J connectivity index is 1.90. The molecule has 132 valence electrons. The second-order valence-electron chi connectivity index (χ2n) is 5.69. The molecule has 8 nitrogen and oxygen atoms in total. The Hall–Kier alpha value is -2.81. The minimum absolute atomic E-state index is 0.222. The molecule has 1 amide bonds. The van der Waals surface area contributed by atoms with Gasteiger partial charge in [0.1, 0.15) is 5.82 Å². The predicted octanol–water partition coefficient (Wildman–Crippen LogP) is 0.430. The number of rotatable bonds is 5. The molecule has 0 saturated carbocycles. The first-order valence-corrected chi connectivity index (χ1v) is 7.97. The lowest BCUT2D eigenvalue weighted by atomic mass is 10.2. The number of hydrogen-bond donors (Lipinski definition) is 2. The summed E-state index contributed by atoms with van der Waals surface area (Å²) >= 11 is 0. The molecule has 25 heavy (non-hydrogen) atoms. The number of fused-ring (bicyclic) bond motifs is 1. The van der Waals surface area contributed by atoms with Crippen molar-refractivity contribution >= 4 is 17.5 Å². The number of halogens is 1. The Morgan fingerprint density at radius 2 is 2.04 bits per heavy atom. The Bertz CT molecular complexity index is 833. The Labute approximate surface area is 142 Å². The average molecular weight is 347 g/mol. The summed E-state index contributed by atoms with van der Waals surface area (Å²) in [5, 5.41) is 19.5. The molecular weight excluding hydrogens is 329 g/mol. The third kappa shape index (κ3) is 3.22. The third-order valence-electron chi connectivity index (χ3n) is 4.12. The molecule has 2 heterocycles. The minimum Gasteiger partial charge on any atom is -0.394 e. The van der Waals surface area contributed by atoms with E-state index in [1.54, 1.807) is 17.0 Å². The topological polar surface area (TPSA) is 100 Å². The average Bonchev–Trinajstić information content (AvgIpc) is 3.05. The zero-order valence-electron chi connectivity index (χ0n) is 13.6. The van der Waals surface area contributed by atoms with Crippen LogP contribution in [0.4, 0.5) is 16.0 Å². The molecule has 0 bridgehead atoms. The number of benzene rings is 1. The Kier molecular flexibility index (Phi) is 4.75. The number of amides is 1. The van der Waals surface area contributed by atoms with E-state index in [0.717, 1.165) is 0 Å². The van der Waals surface area contributed by atoms with Crippen molar-refractivity contribution in [2.24, 2.45) is 0 Å². The van der Waals surface area contributed by atoms with E-state index >= 15 is 0 Å². The molecule has 0 fully saturated rings. The smallest absolute Gasteiger partial charge is 0.286 e. The van der Waals surface area contributed by atoms with Crippen LogP contribution in [0.1, 0.15) is 23.8 Å². The van der Waals surface area contributed by atoms with Gasteiger partial charge in [-0.2, -0.15) is 0 Å². The van der Waals surface area contributed by atoms with Crippen LogP contribution in [0.5, 0.6) is 0 Å². The molecule has 2 aromatic rings. The maximum atomic E-state index is 13.1. The van der Waals surface area contributed by atoms with Crippen LogP contribution in [0.3, 0.4) is 0 Å². The van der Waals surface area contributed by atoms with E-state index in [1.165, 1.54) is 16.7 Å². The molecule has 1 atom stereocenters. The lowest BCUT2D eigenvalue weighted by Gasteiger charge is -2.17. The van der Waals surface area contributed by atoms with Crippen LogP contribution >= 0.6 is 0 Å². The van der Waals surface area contributed by atoms with Crippen molar-refractivity contribution in [3.63, 3.8) is 0 Å². The monoisotopic (exact) mass is 347 g/mol. The lowest BCUT2D eigenvalue weighted by molar-refractivity contribution is 0.0906. The van der Waals surface area contributed by atoms with Gasteiger partial charge in [-0.1, -0.05) is 6.92 Å². The van der Waals surface area contributed by atoms with Gasteiger partial charge < -0.3 is 15.3 Å². The van der Waals surface area contributed by atoms with E-state index in [1.807, 2.05) is 6.92 Å². The normalized spacial score (nSPS) is 14.3. The van der Waals surface area contributed by atoms with Gasteiger partial charge in [0.15, 0.2) is 0 Å². The van der Waals surface area contributed by atoms with Gasteiger partial charge in [-0.25, -0.2) is 4.39 Å². The van der Waals surface area contributed by atoms with Gasteiger partial charge in [0, 0.05) is 18.8 Å². The van der Waals surface area contributed by atoms with Crippen LogP contribution in [0.2, 0.25) is 0 Å². The zero-order chi connectivity index (χ0) is 18.0. The standard InChI is InChI=1S/C16H18FN5O3/c1-2-11(9-23)18-14(24)13-15(25)22-8-7-21(16(22)20-19-13)12-5-3-10(17)4-6-12/h3-6,11,23H,2,7-9H2,1H3,(H,18,24). The maximum absolute atomic E-state index is 13.1. The quantitative estimate of drug-likeness (QED) is 0.814. The lowest BCUT2D eigenvalue weighted by Crippen LogP contribution is -2.41. The first kappa shape index (κ1) is 17.0. The summed E-state index contributed by atoms with van der Waals surface area (Å²) in [5.74, 6) is -0.705. The summed E-state index contributed by atoms with van der Waals surface area (Å²) in [7, 11) is 0. The molecule has 1 unspecified atom stereocenters. The highest BCUT2D eigenvalue weighted by molar-refractivity contribution is 5.92. The molecule has 1 aliphatic rings. The van der Waals surface area contributed by atoms with Crippen LogP contribution in [0.15, 0.2) is 29.1 Å². The number of carbonyl (C=O) groups is 1. The van der Waals surface area contributed by atoms with Crippen LogP contribution in [-0.4, -0.2) is 45.0 Å². The molecule has 1 aliphatic heterocycles. The summed E-state index contributed by atoms with van der Waals surface area (Å²) in [6, 6.07) is 5.38. The van der Waals surface area contributed by atoms with E-state index in [2.05, 4.69) is 15.5 Å². The van der Waals surface area contributed by atoms with Crippen LogP contribution in [-0.2, 0) is 6.54 Å². The summed E-state index contributed by atoms with van der Waals surface area (Å²) in [6.07, 6.45) is 0.528. The Morgan fingerprint density at radius 3 is 2.68 bits per heavy atom. The predicted molar refractivity (Wildman–Crippen MR) is 88.3 cm³/mol. The molecular formula is C16H18FN5O3. The van der Waals surface area contributed by atoms with Gasteiger partial charge >= 0.3 is 0 Å². The zero-order valence-corrected chi connectivity index (χ0v) is 13.6. The van der Waals surface area contributed by atoms with Crippen molar-refractivity contribution in [2.75, 3.05) is 18.1 Å². The van der Waals surface area contributed by atoms with E-state index in [0.29, 0.717) is 31.1 Å². The second kappa shape index (κ2) is 6.98. The van der Waals surface area contributed by atoms with Crippen LogP contribution in [0, 0.1) is 5.82 Å². The molecule has 1 aromatic carbocycles. The number of anilines is 2. The van der Waals surface area contributed by atoms with Crippen molar-refractivity contribution in [2.45, 2.75) is 25.9 Å². The SMILES string of the molecule is CCC(CO)NC(=O)c1nnc2n(c1=O)CCN2c1ccc(F)cc1. The number of carbonyl (C=O) groups excluding carboxylic acids is 1. The van der Waals surface area contributed by atoms with Crippen LogP contribution in [0.25, 0.3) is 0 Å². The van der Waals surface area contributed by atoms with Gasteiger partial charge in [-0.05, 0) is 30.7 Å². The van der Waals surface area contributed by atoms with Gasteiger partial charge in [-0.3, -0.25) is 14.2 Å². The maximum Gasteiger partial charge on any atom is 0.286 e. The highest BCUT2D eigenvalue weighted by Gasteiger charge is 2.27. The molecule has 0 aliphatic carbocycles. The molecule has 3 rings (SSSR count). The highest BCUT2D eigenvalue weighted by atomic mass is 19.1. The second-order valence-corrected chi connectivity index (χ2v) is 5.69. The van der Waals surface area contributed by atoms with Gasteiger partial charge in [0.25, 0.3) is 11.5 Å². The molecule has 9 heteroatoms. The van der Waals surface area contributed by atoms with Crippen molar-refractivity contribution in [1.29, 1.82) is 0 Å². The van der Waals surface area contributed by atoms with E-state index in [4.69, 9.17) is 5.11 Å². The van der Waals surface area contributed by atoms with Gasteiger partial charge in [-0.15, -0.1) is 10.2 Å². The molecule has 1 aromatic heterocycles. The Morgan fingerprint density at radius 1 is 1.32 bits per heavy atom. The fourth-order valence-electron chi connectivity index (χ4n) is 2.65. The number of nitrogens with one attached hydrogen (secondary N) is 1. The largest absolute Gasteiger partial charge is 0.394 e. The summed E-state index contributed by atoms with van der Waals surface area (Å²) in [4.78, 5) is 26.5. The van der Waals surface area contributed by atoms with E-state index in [-0.39, 0.29) is 18.1 Å². The highest BCUT2D eigenvalue weighted by Crippen LogP contribution is 2.26. The van der Waals surface area contributed by atoms with Crippen molar-refractivity contribution in [1.82, 2.24) is 20.1 Å². The van der Waals surface area contributed by atoms with E-state index in [9.17, 15) is 14.0 Å². The first-order valence-electron chi connectivity index (χ1n) is 7.97. The van der Waals surface area contributed by atoms with Crippen molar-refractivity contribution < 1.29 is 14.3 Å². The van der Waals surface area contributed by atoms with Gasteiger partial charge in [0.05, 0.1) is 12.6 Å². The number of aliphatic hydroxyl groups is 1. The molecule has 0 saturated heterocycles. The number of aliphatic hydroxyl groups excluding tert-OH is 1. The minimum atomic E-state index is -0.658. The fraction of sp³-hybridized carbons (Fsp3) is 0.375. The summed E-state index contributed by atoms with van der Waals surface area (Å²) in [6.45, 7) is 2.40. The fourth-order valence-corrected chi connectivity index (χ4v) is 2.65. The van der Waals surface area contributed by atoms with Gasteiger partial charge in [0.2, 0.25) is 11.6 Å². The van der Waals surface area contributed by atoms with E-state index < -0.39 is 17.5 Å². The first-order chi connectivity index (χ1) is 12.0. The third-order valence-corrected chi connectivity index (χ3v) is 4.12. The van der Waals surface area contributed by atoms with Crippen LogP contribution < -0.4 is 15.8 Å². The summed E-state index contributed by atoms with van der Waals surface area (Å²) < 4.78 is 14.4. The number of hydrogen-bond acceptors (Lipinski definition) is 6. The molecule has 2 N–H and O–H groups in total. The van der Waals surface area contributed by atoms with Crippen molar-refractivity contribution in [3.8, 4) is 0 Å². The number of aromatic nitrogens is 3. The van der Waals surface area contributed by atoms with Crippen molar-refractivity contribution in [3.05, 3.63) is 46.1 Å². The molecule has 0 radical (unpaired) electrons. The number of nitrogens with zero attached hydrogens (tertiary/aromatic N) is 4. The summed E-state index contributed by atoms with van der Waals surface area (Å²) in [5.41, 5.74) is -0.165.